The fraction of sp³-hybridized carbons (Fsp3) is 0.240. The van der Waals surface area contributed by atoms with Gasteiger partial charge in [0, 0.05) is 21.1 Å². The largest absolute Gasteiger partial charge is 0.395 e. The Bertz CT molecular complexity index is 957. The number of rotatable bonds is 3. The fourth-order valence-electron chi connectivity index (χ4n) is 4.48. The molecule has 3 aromatic rings. The Kier molecular flexibility index (Phi) is 5.11. The van der Waals surface area contributed by atoms with E-state index in [1.54, 1.807) is 0 Å². The second-order valence-corrected chi connectivity index (χ2v) is 9.69. The number of halogens is 1. The zero-order valence-corrected chi connectivity index (χ0v) is 17.6. The Morgan fingerprint density at radius 3 is 1.90 bits per heavy atom. The Labute approximate surface area is 180 Å². The molecule has 5 rings (SSSR count). The van der Waals surface area contributed by atoms with Crippen LogP contribution in [0.15, 0.2) is 90.1 Å². The van der Waals surface area contributed by atoms with E-state index in [1.165, 1.54) is 11.1 Å². The van der Waals surface area contributed by atoms with Crippen LogP contribution in [0.25, 0.3) is 0 Å². The van der Waals surface area contributed by atoms with Gasteiger partial charge >= 0.3 is 0 Å². The van der Waals surface area contributed by atoms with E-state index in [9.17, 15) is 0 Å². The van der Waals surface area contributed by atoms with Gasteiger partial charge in [-0.3, -0.25) is 0 Å². The molecule has 0 N–H and O–H groups in total. The Morgan fingerprint density at radius 2 is 1.34 bits per heavy atom. The molecule has 0 aromatic heterocycles. The summed E-state index contributed by atoms with van der Waals surface area (Å²) < 4.78 is 0. The van der Waals surface area contributed by atoms with Gasteiger partial charge in [0.15, 0.2) is 0 Å². The van der Waals surface area contributed by atoms with Gasteiger partial charge in [0.2, 0.25) is 0 Å². The minimum absolute atomic E-state index is 0.0971. The molecule has 146 valence electrons. The van der Waals surface area contributed by atoms with Gasteiger partial charge in [-0.05, 0) is 36.1 Å². The summed E-state index contributed by atoms with van der Waals surface area (Å²) >= 11 is 8.19. The van der Waals surface area contributed by atoms with Gasteiger partial charge < -0.3 is 4.84 Å². The summed E-state index contributed by atoms with van der Waals surface area (Å²) in [6.07, 6.45) is 2.04. The first-order valence-corrected chi connectivity index (χ1v) is 11.3. The van der Waals surface area contributed by atoms with E-state index in [1.807, 2.05) is 12.1 Å². The van der Waals surface area contributed by atoms with Crippen LogP contribution in [-0.4, -0.2) is 12.3 Å². The summed E-state index contributed by atoms with van der Waals surface area (Å²) in [6, 6.07) is 29.7. The summed E-state index contributed by atoms with van der Waals surface area (Å²) in [5.74, 6) is 0. The molecular formula is C25H22ClNOS. The summed E-state index contributed by atoms with van der Waals surface area (Å²) in [5.41, 5.74) is 4.83. The highest BCUT2D eigenvalue weighted by atomic mass is 35.5. The van der Waals surface area contributed by atoms with Gasteiger partial charge in [-0.25, -0.2) is 0 Å². The van der Waals surface area contributed by atoms with E-state index in [0.717, 1.165) is 29.1 Å². The fourth-order valence-corrected chi connectivity index (χ4v) is 6.46. The zero-order valence-electron chi connectivity index (χ0n) is 16.0. The molecule has 2 nitrogen and oxygen atoms in total. The third kappa shape index (κ3) is 3.70. The van der Waals surface area contributed by atoms with Crippen molar-refractivity contribution in [2.45, 2.75) is 23.3 Å². The van der Waals surface area contributed by atoms with Crippen molar-refractivity contribution in [3.05, 3.63) is 107 Å². The molecule has 0 radical (unpaired) electrons. The Hall–Kier alpha value is -2.23. The second-order valence-electron chi connectivity index (χ2n) is 7.84. The van der Waals surface area contributed by atoms with Crippen molar-refractivity contribution in [3.63, 3.8) is 0 Å². The number of nitrogens with zero attached hydrogens (tertiary/aromatic N) is 1. The quantitative estimate of drug-likeness (QED) is 0.452. The maximum atomic E-state index is 6.13. The smallest absolute Gasteiger partial charge is 0.128 e. The van der Waals surface area contributed by atoms with Gasteiger partial charge in [0.05, 0.1) is 11.1 Å². The number of hydrogen-bond acceptors (Lipinski definition) is 3. The van der Waals surface area contributed by atoms with Crippen LogP contribution in [0.3, 0.4) is 0 Å². The van der Waals surface area contributed by atoms with Crippen molar-refractivity contribution in [3.8, 4) is 0 Å². The molecule has 3 aromatic carbocycles. The maximum Gasteiger partial charge on any atom is 0.128 e. The highest BCUT2D eigenvalue weighted by molar-refractivity contribution is 7.99. The first-order chi connectivity index (χ1) is 14.2. The lowest BCUT2D eigenvalue weighted by Crippen LogP contribution is -2.37. The zero-order chi connectivity index (χ0) is 19.7. The molecule has 2 heterocycles. The molecular weight excluding hydrogens is 398 g/mol. The van der Waals surface area contributed by atoms with Gasteiger partial charge in [0.25, 0.3) is 0 Å². The highest BCUT2D eigenvalue weighted by Crippen LogP contribution is 2.58. The van der Waals surface area contributed by atoms with Crippen LogP contribution < -0.4 is 0 Å². The lowest BCUT2D eigenvalue weighted by Gasteiger charge is -2.41. The minimum atomic E-state index is -0.0971. The van der Waals surface area contributed by atoms with Gasteiger partial charge in [-0.15, -0.1) is 11.8 Å². The number of hydrogen-bond donors (Lipinski definition) is 0. The molecule has 29 heavy (non-hydrogen) atoms. The monoisotopic (exact) mass is 419 g/mol. The molecule has 0 saturated carbocycles. The van der Waals surface area contributed by atoms with E-state index >= 15 is 0 Å². The van der Waals surface area contributed by atoms with E-state index in [0.29, 0.717) is 17.1 Å². The molecule has 0 amide bonds. The number of oxime groups is 1. The van der Waals surface area contributed by atoms with Gasteiger partial charge in [-0.1, -0.05) is 89.6 Å². The molecule has 1 spiro atoms. The van der Waals surface area contributed by atoms with Crippen LogP contribution in [0.4, 0.5) is 0 Å². The Morgan fingerprint density at radius 1 is 0.793 bits per heavy atom. The van der Waals surface area contributed by atoms with Crippen molar-refractivity contribution in [1.29, 1.82) is 0 Å². The molecule has 1 unspecified atom stereocenters. The van der Waals surface area contributed by atoms with E-state index in [-0.39, 0.29) is 5.41 Å². The Balaban J connectivity index is 1.55. The van der Waals surface area contributed by atoms with Crippen molar-refractivity contribution in [2.24, 2.45) is 10.6 Å². The predicted octanol–water partition coefficient (Wildman–Crippen LogP) is 7.07. The summed E-state index contributed by atoms with van der Waals surface area (Å²) in [5, 5.41) is 6.07. The van der Waals surface area contributed by atoms with Crippen molar-refractivity contribution in [2.75, 3.05) is 6.61 Å². The summed E-state index contributed by atoms with van der Waals surface area (Å²) in [4.78, 5) is 5.75. The molecule has 1 fully saturated rings. The maximum absolute atomic E-state index is 6.13. The second kappa shape index (κ2) is 7.89. The topological polar surface area (TPSA) is 21.6 Å². The average Bonchev–Trinajstić information content (AvgIpc) is 3.17. The first-order valence-electron chi connectivity index (χ1n) is 9.95. The SMILES string of the molecule is Clc1ccc(C2=NOCC23C[C@@H](c2ccccc2)S[C@@H](c2ccccc2)C3)cc1. The number of thioether (sulfide) groups is 1. The molecule has 0 bridgehead atoms. The van der Waals surface area contributed by atoms with Crippen LogP contribution in [0.5, 0.6) is 0 Å². The minimum Gasteiger partial charge on any atom is -0.395 e. The van der Waals surface area contributed by atoms with Crippen LogP contribution in [-0.2, 0) is 4.84 Å². The molecule has 2 aliphatic heterocycles. The molecule has 0 aliphatic carbocycles. The van der Waals surface area contributed by atoms with Crippen molar-refractivity contribution < 1.29 is 4.84 Å². The standard InChI is InChI=1S/C25H22ClNOS/c26-21-13-11-20(12-14-21)24-25(17-28-27-24)15-22(18-7-3-1-4-8-18)29-23(16-25)19-9-5-2-6-10-19/h1-14,22-23H,15-17H2/t22-,23+,25?. The third-order valence-corrected chi connectivity index (χ3v) is 7.73. The lowest BCUT2D eigenvalue weighted by atomic mass is 9.71. The third-order valence-electron chi connectivity index (χ3n) is 5.94. The number of benzene rings is 3. The molecule has 2 aliphatic rings. The highest BCUT2D eigenvalue weighted by Gasteiger charge is 2.49. The van der Waals surface area contributed by atoms with Gasteiger partial charge in [-0.2, -0.15) is 0 Å². The van der Waals surface area contributed by atoms with Crippen LogP contribution in [0, 0.1) is 5.41 Å². The normalized spacial score (nSPS) is 26.2. The van der Waals surface area contributed by atoms with Crippen molar-refractivity contribution >= 4 is 29.1 Å². The van der Waals surface area contributed by atoms with E-state index in [2.05, 4.69) is 89.7 Å². The average molecular weight is 420 g/mol. The molecule has 3 atom stereocenters. The molecule has 1 saturated heterocycles. The molecule has 4 heteroatoms. The first kappa shape index (κ1) is 18.8. The summed E-state index contributed by atoms with van der Waals surface area (Å²) in [7, 11) is 0. The van der Waals surface area contributed by atoms with E-state index < -0.39 is 0 Å². The lowest BCUT2D eigenvalue weighted by molar-refractivity contribution is 0.108. The van der Waals surface area contributed by atoms with Crippen LogP contribution in [0.2, 0.25) is 5.02 Å². The van der Waals surface area contributed by atoms with Gasteiger partial charge in [0.1, 0.15) is 6.61 Å². The predicted molar refractivity (Wildman–Crippen MR) is 122 cm³/mol. The van der Waals surface area contributed by atoms with Crippen LogP contribution >= 0.6 is 23.4 Å². The van der Waals surface area contributed by atoms with E-state index in [4.69, 9.17) is 16.4 Å². The van der Waals surface area contributed by atoms with Crippen molar-refractivity contribution in [1.82, 2.24) is 0 Å². The van der Waals surface area contributed by atoms with Crippen LogP contribution in [0.1, 0.15) is 40.0 Å². The summed E-state index contributed by atoms with van der Waals surface area (Å²) in [6.45, 7) is 0.637.